The number of benzene rings is 2. The van der Waals surface area contributed by atoms with Crippen LogP contribution in [-0.2, 0) is 0 Å². The Bertz CT molecular complexity index is 940. The molecule has 142 valence electrons. The molecule has 0 saturated carbocycles. The van der Waals surface area contributed by atoms with Crippen molar-refractivity contribution in [2.45, 2.75) is 0 Å². The normalized spacial score (nSPS) is 14.0. The molecule has 3 aromatic rings. The number of piperazine rings is 1. The molecule has 4 rings (SSSR count). The first-order chi connectivity index (χ1) is 13.7. The molecule has 0 radical (unpaired) electrons. The smallest absolute Gasteiger partial charge is 0.410 e. The van der Waals surface area contributed by atoms with Crippen LogP contribution in [0.1, 0.15) is 0 Å². The number of hydrogen-bond acceptors (Lipinski definition) is 4. The Morgan fingerprint density at radius 1 is 0.893 bits per heavy atom. The zero-order valence-corrected chi connectivity index (χ0v) is 15.3. The van der Waals surface area contributed by atoms with Gasteiger partial charge in [-0.2, -0.15) is 0 Å². The van der Waals surface area contributed by atoms with Gasteiger partial charge in [0.25, 0.3) is 0 Å². The Labute approximate surface area is 163 Å². The van der Waals surface area contributed by atoms with Crippen molar-refractivity contribution in [2.24, 2.45) is 0 Å². The maximum atomic E-state index is 13.9. The van der Waals surface area contributed by atoms with Gasteiger partial charge in [0.1, 0.15) is 17.4 Å². The molecule has 0 aliphatic carbocycles. The van der Waals surface area contributed by atoms with Gasteiger partial charge in [-0.15, -0.1) is 0 Å². The van der Waals surface area contributed by atoms with Crippen LogP contribution in [0.15, 0.2) is 72.9 Å². The Balaban J connectivity index is 1.36. The van der Waals surface area contributed by atoms with Crippen molar-refractivity contribution in [3.8, 4) is 16.9 Å². The van der Waals surface area contributed by atoms with E-state index in [1.807, 2.05) is 30.3 Å². The third kappa shape index (κ3) is 3.96. The van der Waals surface area contributed by atoms with Crippen molar-refractivity contribution in [3.05, 3.63) is 78.7 Å². The summed E-state index contributed by atoms with van der Waals surface area (Å²) in [5, 5.41) is 0. The zero-order valence-electron chi connectivity index (χ0n) is 15.3. The van der Waals surface area contributed by atoms with Crippen LogP contribution in [0.2, 0.25) is 0 Å². The molecule has 1 aromatic heterocycles. The van der Waals surface area contributed by atoms with E-state index in [0.717, 1.165) is 11.4 Å². The second-order valence-corrected chi connectivity index (χ2v) is 6.54. The molecule has 5 nitrogen and oxygen atoms in total. The van der Waals surface area contributed by atoms with Crippen LogP contribution in [-0.4, -0.2) is 42.2 Å². The Hall–Kier alpha value is -3.41. The lowest BCUT2D eigenvalue weighted by Crippen LogP contribution is -2.49. The number of carbonyl (C=O) groups is 1. The third-order valence-electron chi connectivity index (χ3n) is 4.74. The lowest BCUT2D eigenvalue weighted by molar-refractivity contribution is 0.149. The number of hydrogen-bond donors (Lipinski definition) is 0. The topological polar surface area (TPSA) is 45.7 Å². The molecule has 0 atom stereocenters. The molecule has 1 fully saturated rings. The fourth-order valence-corrected chi connectivity index (χ4v) is 3.20. The first kappa shape index (κ1) is 18.0. The predicted molar refractivity (Wildman–Crippen MR) is 106 cm³/mol. The molecule has 1 saturated heterocycles. The largest absolute Gasteiger partial charge is 0.415 e. The predicted octanol–water partition coefficient (Wildman–Crippen LogP) is 4.21. The number of pyridine rings is 1. The van der Waals surface area contributed by atoms with E-state index >= 15 is 0 Å². The van der Waals surface area contributed by atoms with E-state index in [-0.39, 0.29) is 11.9 Å². The molecular weight excluding hydrogens is 357 g/mol. The van der Waals surface area contributed by atoms with Crippen molar-refractivity contribution in [1.29, 1.82) is 0 Å². The number of para-hydroxylation sites is 1. The van der Waals surface area contributed by atoms with E-state index in [4.69, 9.17) is 4.74 Å². The molecular formula is C22H20FN3O2. The SMILES string of the molecule is O=C(Oc1ccccc1)N1CCN(c2ccc(-c3ccccc3F)cn2)CC1. The summed E-state index contributed by atoms with van der Waals surface area (Å²) in [6.45, 7) is 2.44. The van der Waals surface area contributed by atoms with Crippen molar-refractivity contribution in [1.82, 2.24) is 9.88 Å². The summed E-state index contributed by atoms with van der Waals surface area (Å²) in [4.78, 5) is 20.6. The number of anilines is 1. The summed E-state index contributed by atoms with van der Waals surface area (Å²) in [6, 6.07) is 19.5. The molecule has 0 N–H and O–H groups in total. The minimum Gasteiger partial charge on any atom is -0.410 e. The lowest BCUT2D eigenvalue weighted by Gasteiger charge is -2.34. The number of ether oxygens (including phenoxy) is 1. The number of amides is 1. The van der Waals surface area contributed by atoms with Crippen LogP contribution in [0.3, 0.4) is 0 Å². The number of carbonyl (C=O) groups excluding carboxylic acids is 1. The Morgan fingerprint density at radius 3 is 2.29 bits per heavy atom. The summed E-state index contributed by atoms with van der Waals surface area (Å²) in [5.74, 6) is 1.10. The molecule has 1 amide bonds. The summed E-state index contributed by atoms with van der Waals surface area (Å²) in [5.41, 5.74) is 1.28. The van der Waals surface area contributed by atoms with Gasteiger partial charge in [-0.3, -0.25) is 0 Å². The van der Waals surface area contributed by atoms with Crippen molar-refractivity contribution in [2.75, 3.05) is 31.1 Å². The highest BCUT2D eigenvalue weighted by atomic mass is 19.1. The van der Waals surface area contributed by atoms with Gasteiger partial charge in [0.2, 0.25) is 0 Å². The molecule has 2 heterocycles. The summed E-state index contributed by atoms with van der Waals surface area (Å²) in [6.07, 6.45) is 1.35. The second-order valence-electron chi connectivity index (χ2n) is 6.54. The number of halogens is 1. The maximum absolute atomic E-state index is 13.9. The number of aromatic nitrogens is 1. The van der Waals surface area contributed by atoms with Gasteiger partial charge in [0.05, 0.1) is 0 Å². The van der Waals surface area contributed by atoms with Crippen LogP contribution in [0.4, 0.5) is 15.0 Å². The van der Waals surface area contributed by atoms with Gasteiger partial charge in [-0.1, -0.05) is 36.4 Å². The first-order valence-corrected chi connectivity index (χ1v) is 9.18. The third-order valence-corrected chi connectivity index (χ3v) is 4.74. The molecule has 1 aliphatic heterocycles. The fraction of sp³-hybridized carbons (Fsp3) is 0.182. The molecule has 0 unspecified atom stereocenters. The fourth-order valence-electron chi connectivity index (χ4n) is 3.20. The van der Waals surface area contributed by atoms with E-state index in [1.165, 1.54) is 6.07 Å². The van der Waals surface area contributed by atoms with E-state index < -0.39 is 0 Å². The standard InChI is InChI=1S/C22H20FN3O2/c23-20-9-5-4-8-19(20)17-10-11-21(24-16-17)25-12-14-26(15-13-25)22(27)28-18-6-2-1-3-7-18/h1-11,16H,12-15H2. The monoisotopic (exact) mass is 377 g/mol. The van der Waals surface area contributed by atoms with Crippen LogP contribution in [0.5, 0.6) is 5.75 Å². The highest BCUT2D eigenvalue weighted by Crippen LogP contribution is 2.24. The molecule has 1 aliphatic rings. The van der Waals surface area contributed by atoms with Gasteiger partial charge in [-0.05, 0) is 30.3 Å². The van der Waals surface area contributed by atoms with E-state index in [0.29, 0.717) is 37.5 Å². The average Bonchev–Trinajstić information content (AvgIpc) is 2.75. The highest BCUT2D eigenvalue weighted by molar-refractivity contribution is 5.71. The lowest BCUT2D eigenvalue weighted by atomic mass is 10.1. The zero-order chi connectivity index (χ0) is 19.3. The van der Waals surface area contributed by atoms with Crippen molar-refractivity contribution in [3.63, 3.8) is 0 Å². The number of nitrogens with zero attached hydrogens (tertiary/aromatic N) is 3. The Morgan fingerprint density at radius 2 is 1.61 bits per heavy atom. The summed E-state index contributed by atoms with van der Waals surface area (Å²) in [7, 11) is 0. The minimum atomic E-state index is -0.339. The van der Waals surface area contributed by atoms with Crippen molar-refractivity contribution >= 4 is 11.9 Å². The van der Waals surface area contributed by atoms with Gasteiger partial charge >= 0.3 is 6.09 Å². The minimum absolute atomic E-state index is 0.261. The molecule has 0 bridgehead atoms. The van der Waals surface area contributed by atoms with E-state index in [2.05, 4.69) is 9.88 Å². The maximum Gasteiger partial charge on any atom is 0.415 e. The second kappa shape index (κ2) is 8.08. The summed E-state index contributed by atoms with van der Waals surface area (Å²) < 4.78 is 19.3. The van der Waals surface area contributed by atoms with Crippen LogP contribution in [0.25, 0.3) is 11.1 Å². The van der Waals surface area contributed by atoms with E-state index in [9.17, 15) is 9.18 Å². The first-order valence-electron chi connectivity index (χ1n) is 9.18. The Kier molecular flexibility index (Phi) is 5.19. The van der Waals surface area contributed by atoms with Crippen LogP contribution in [0, 0.1) is 5.82 Å². The van der Waals surface area contributed by atoms with Crippen molar-refractivity contribution < 1.29 is 13.9 Å². The van der Waals surface area contributed by atoms with Gasteiger partial charge < -0.3 is 14.5 Å². The number of rotatable bonds is 3. The van der Waals surface area contributed by atoms with E-state index in [1.54, 1.807) is 41.4 Å². The molecule has 6 heteroatoms. The van der Waals surface area contributed by atoms with Crippen LogP contribution >= 0.6 is 0 Å². The van der Waals surface area contributed by atoms with Crippen LogP contribution < -0.4 is 9.64 Å². The quantitative estimate of drug-likeness (QED) is 0.686. The van der Waals surface area contributed by atoms with Gasteiger partial charge in [0.15, 0.2) is 0 Å². The molecule has 28 heavy (non-hydrogen) atoms. The summed E-state index contributed by atoms with van der Waals surface area (Å²) >= 11 is 0. The molecule has 2 aromatic carbocycles. The highest BCUT2D eigenvalue weighted by Gasteiger charge is 2.23. The van der Waals surface area contributed by atoms with Gasteiger partial charge in [0, 0.05) is 43.5 Å². The van der Waals surface area contributed by atoms with Gasteiger partial charge in [-0.25, -0.2) is 14.2 Å². The average molecular weight is 377 g/mol. The molecule has 0 spiro atoms.